The molecule has 1 aromatic carbocycles. The zero-order valence-corrected chi connectivity index (χ0v) is 17.9. The molecule has 7 heteroatoms. The number of hydrazone groups is 1. The first-order valence-corrected chi connectivity index (χ1v) is 10.0. The van der Waals surface area contributed by atoms with Crippen molar-refractivity contribution in [3.8, 4) is 0 Å². The van der Waals surface area contributed by atoms with Crippen molar-refractivity contribution in [3.63, 3.8) is 0 Å². The first-order chi connectivity index (χ1) is 13.4. The van der Waals surface area contributed by atoms with Crippen LogP contribution in [0.25, 0.3) is 0 Å². The summed E-state index contributed by atoms with van der Waals surface area (Å²) in [5.41, 5.74) is 3.70. The minimum atomic E-state index is -0.702. The van der Waals surface area contributed by atoms with E-state index in [9.17, 15) is 14.4 Å². The van der Waals surface area contributed by atoms with E-state index in [1.54, 1.807) is 0 Å². The van der Waals surface area contributed by atoms with Gasteiger partial charge in [-0.3, -0.25) is 14.4 Å². The van der Waals surface area contributed by atoms with Crippen molar-refractivity contribution >= 4 is 29.1 Å². The van der Waals surface area contributed by atoms with Crippen LogP contribution in [-0.4, -0.2) is 29.5 Å². The number of nitrogens with one attached hydrogen (secondary N) is 3. The highest BCUT2D eigenvalue weighted by atomic mass is 16.2. The van der Waals surface area contributed by atoms with Gasteiger partial charge in [0.1, 0.15) is 0 Å². The van der Waals surface area contributed by atoms with Crippen LogP contribution in [0.1, 0.15) is 53.5 Å². The SMILES string of the molecule is CC(C)NC(=O)[C@@H]1[C@@H]2C(=O)NN=C(c3ccccc3NC(=O)CC(C)(C)C)[C@]12C. The second kappa shape index (κ2) is 7.28. The Bertz CT molecular complexity index is 884. The number of benzene rings is 1. The van der Waals surface area contributed by atoms with Gasteiger partial charge in [-0.1, -0.05) is 45.9 Å². The van der Waals surface area contributed by atoms with Gasteiger partial charge in [-0.2, -0.15) is 5.10 Å². The summed E-state index contributed by atoms with van der Waals surface area (Å²) >= 11 is 0. The lowest BCUT2D eigenvalue weighted by molar-refractivity contribution is -0.127. The summed E-state index contributed by atoms with van der Waals surface area (Å²) in [5.74, 6) is -1.42. The maximum Gasteiger partial charge on any atom is 0.245 e. The topological polar surface area (TPSA) is 99.7 Å². The molecule has 0 spiro atoms. The molecule has 1 aliphatic heterocycles. The predicted molar refractivity (Wildman–Crippen MR) is 112 cm³/mol. The van der Waals surface area contributed by atoms with Gasteiger partial charge in [0.15, 0.2) is 0 Å². The number of carbonyl (C=O) groups is 3. The standard InChI is InChI=1S/C22H30N4O3/c1-12(2)23-19(28)16-17-20(29)26-25-18(22(16,17)6)13-9-7-8-10-14(13)24-15(27)11-21(3,4)5/h7-10,12,16-17H,11H2,1-6H3,(H,23,28)(H,24,27)(H,26,29)/t16-,17+,22+/m0/s1. The molecular formula is C22H30N4O3. The molecule has 29 heavy (non-hydrogen) atoms. The van der Waals surface area contributed by atoms with Gasteiger partial charge in [-0.05, 0) is 25.3 Å². The highest BCUT2D eigenvalue weighted by Gasteiger charge is 2.72. The Hall–Kier alpha value is -2.70. The van der Waals surface area contributed by atoms with Crippen LogP contribution in [0.5, 0.6) is 0 Å². The van der Waals surface area contributed by atoms with Crippen molar-refractivity contribution in [3.05, 3.63) is 29.8 Å². The normalized spacial score (nSPS) is 25.6. The summed E-state index contributed by atoms with van der Waals surface area (Å²) in [4.78, 5) is 37.6. The van der Waals surface area contributed by atoms with E-state index in [0.717, 1.165) is 5.56 Å². The van der Waals surface area contributed by atoms with Gasteiger partial charge in [-0.25, -0.2) is 5.43 Å². The Morgan fingerprint density at radius 2 is 1.90 bits per heavy atom. The van der Waals surface area contributed by atoms with Crippen LogP contribution in [-0.2, 0) is 14.4 Å². The van der Waals surface area contributed by atoms with Crippen LogP contribution in [0.15, 0.2) is 29.4 Å². The summed E-state index contributed by atoms with van der Waals surface area (Å²) in [6.45, 7) is 11.7. The zero-order chi connectivity index (χ0) is 21.6. The lowest BCUT2D eigenvalue weighted by Gasteiger charge is -2.23. The molecule has 0 saturated heterocycles. The van der Waals surface area contributed by atoms with Crippen molar-refractivity contribution < 1.29 is 14.4 Å². The van der Waals surface area contributed by atoms with Gasteiger partial charge in [0.25, 0.3) is 0 Å². The second-order valence-corrected chi connectivity index (χ2v) is 9.67. The zero-order valence-electron chi connectivity index (χ0n) is 17.9. The Labute approximate surface area is 171 Å². The van der Waals surface area contributed by atoms with Crippen molar-refractivity contribution in [1.29, 1.82) is 0 Å². The first kappa shape index (κ1) is 21.0. The van der Waals surface area contributed by atoms with Gasteiger partial charge in [0.2, 0.25) is 17.7 Å². The minimum absolute atomic E-state index is 0.0128. The molecule has 0 unspecified atom stereocenters. The number of para-hydroxylation sites is 1. The number of anilines is 1. The largest absolute Gasteiger partial charge is 0.354 e. The van der Waals surface area contributed by atoms with Crippen molar-refractivity contribution in [2.45, 2.75) is 54.0 Å². The molecule has 1 aromatic rings. The average Bonchev–Trinajstić information content (AvgIpc) is 3.22. The van der Waals surface area contributed by atoms with Crippen LogP contribution >= 0.6 is 0 Å². The molecule has 3 atom stereocenters. The average molecular weight is 399 g/mol. The second-order valence-electron chi connectivity index (χ2n) is 9.67. The number of fused-ring (bicyclic) bond motifs is 1. The third kappa shape index (κ3) is 4.04. The lowest BCUT2D eigenvalue weighted by atomic mass is 9.89. The molecular weight excluding hydrogens is 368 g/mol. The number of hydrogen-bond acceptors (Lipinski definition) is 4. The van der Waals surface area contributed by atoms with Gasteiger partial charge >= 0.3 is 0 Å². The van der Waals surface area contributed by atoms with E-state index < -0.39 is 17.3 Å². The van der Waals surface area contributed by atoms with Crippen molar-refractivity contribution in [2.75, 3.05) is 5.32 Å². The highest BCUT2D eigenvalue weighted by Crippen LogP contribution is 2.62. The van der Waals surface area contributed by atoms with Gasteiger partial charge in [0.05, 0.1) is 17.5 Å². The molecule has 0 bridgehead atoms. The molecule has 0 aromatic heterocycles. The Balaban J connectivity index is 1.92. The van der Waals surface area contributed by atoms with Gasteiger partial charge < -0.3 is 10.6 Å². The fourth-order valence-electron chi connectivity index (χ4n) is 4.16. The fraction of sp³-hybridized carbons (Fsp3) is 0.545. The summed E-state index contributed by atoms with van der Waals surface area (Å²) in [6.07, 6.45) is 0.379. The first-order valence-electron chi connectivity index (χ1n) is 10.0. The molecule has 1 fully saturated rings. The van der Waals surface area contributed by atoms with E-state index in [0.29, 0.717) is 17.8 Å². The molecule has 1 saturated carbocycles. The minimum Gasteiger partial charge on any atom is -0.354 e. The fourth-order valence-corrected chi connectivity index (χ4v) is 4.16. The van der Waals surface area contributed by atoms with E-state index in [2.05, 4.69) is 21.2 Å². The summed E-state index contributed by atoms with van der Waals surface area (Å²) < 4.78 is 0. The Morgan fingerprint density at radius 1 is 1.24 bits per heavy atom. The summed E-state index contributed by atoms with van der Waals surface area (Å²) in [7, 11) is 0. The number of carbonyl (C=O) groups excluding carboxylic acids is 3. The third-order valence-corrected chi connectivity index (χ3v) is 5.45. The van der Waals surface area contributed by atoms with Crippen molar-refractivity contribution in [1.82, 2.24) is 10.7 Å². The monoisotopic (exact) mass is 398 g/mol. The van der Waals surface area contributed by atoms with Gasteiger partial charge in [-0.15, -0.1) is 0 Å². The van der Waals surface area contributed by atoms with Gasteiger partial charge in [0, 0.05) is 29.1 Å². The molecule has 3 amide bonds. The number of hydrogen-bond donors (Lipinski definition) is 3. The Kier molecular flexibility index (Phi) is 5.28. The summed E-state index contributed by atoms with van der Waals surface area (Å²) in [5, 5.41) is 10.2. The van der Waals surface area contributed by atoms with Crippen LogP contribution < -0.4 is 16.1 Å². The van der Waals surface area contributed by atoms with Crippen LogP contribution in [0.4, 0.5) is 5.69 Å². The maximum atomic E-state index is 12.7. The Morgan fingerprint density at radius 3 is 2.52 bits per heavy atom. The van der Waals surface area contributed by atoms with Crippen LogP contribution in [0.2, 0.25) is 0 Å². The maximum absolute atomic E-state index is 12.7. The van der Waals surface area contributed by atoms with E-state index in [4.69, 9.17) is 0 Å². The van der Waals surface area contributed by atoms with E-state index in [1.165, 1.54) is 0 Å². The molecule has 3 rings (SSSR count). The summed E-state index contributed by atoms with van der Waals surface area (Å²) in [6, 6.07) is 7.37. The van der Waals surface area contributed by atoms with E-state index in [1.807, 2.05) is 65.8 Å². The molecule has 0 radical (unpaired) electrons. The molecule has 2 aliphatic rings. The number of amides is 3. The van der Waals surface area contributed by atoms with E-state index in [-0.39, 0.29) is 29.2 Å². The highest BCUT2D eigenvalue weighted by molar-refractivity contribution is 6.19. The molecule has 7 nitrogen and oxygen atoms in total. The van der Waals surface area contributed by atoms with E-state index >= 15 is 0 Å². The van der Waals surface area contributed by atoms with Crippen molar-refractivity contribution in [2.24, 2.45) is 27.8 Å². The predicted octanol–water partition coefficient (Wildman–Crippen LogP) is 2.67. The molecule has 156 valence electrons. The van der Waals surface area contributed by atoms with Crippen LogP contribution in [0, 0.1) is 22.7 Å². The lowest BCUT2D eigenvalue weighted by Crippen LogP contribution is -2.35. The molecule has 1 aliphatic carbocycles. The third-order valence-electron chi connectivity index (χ3n) is 5.45. The van der Waals surface area contributed by atoms with Crippen LogP contribution in [0.3, 0.4) is 0 Å². The molecule has 1 heterocycles. The smallest absolute Gasteiger partial charge is 0.245 e. The molecule has 3 N–H and O–H groups in total. The number of nitrogens with zero attached hydrogens (tertiary/aromatic N) is 1. The quantitative estimate of drug-likeness (QED) is 0.711. The number of rotatable bonds is 5.